The number of hydrogen-bond donors (Lipinski definition) is 3. The Balaban J connectivity index is 1.80. The third-order valence-corrected chi connectivity index (χ3v) is 4.74. The fourth-order valence-corrected chi connectivity index (χ4v) is 3.64. The predicted octanol–water partition coefficient (Wildman–Crippen LogP) is 0.656. The third-order valence-electron chi connectivity index (χ3n) is 3.80. The molecule has 1 aliphatic heterocycles. The van der Waals surface area contributed by atoms with E-state index in [1.165, 1.54) is 0 Å². The van der Waals surface area contributed by atoms with Gasteiger partial charge in [-0.25, -0.2) is 0 Å². The average molecular weight is 272 g/mol. The van der Waals surface area contributed by atoms with E-state index in [9.17, 15) is 9.59 Å². The number of hydrogen-bond acceptors (Lipinski definition) is 4. The van der Waals surface area contributed by atoms with Crippen LogP contribution < -0.4 is 10.6 Å². The standard InChI is InChI=1S/C12H20N2O3S/c15-11(10-6-18-7-14-10)13-5-8-3-1-2-4-9(8)12(16)17/h8-10,14H,1-7H2,(H,13,15)(H,16,17). The zero-order valence-corrected chi connectivity index (χ0v) is 11.2. The summed E-state index contributed by atoms with van der Waals surface area (Å²) in [7, 11) is 0. The summed E-state index contributed by atoms with van der Waals surface area (Å²) in [4.78, 5) is 23.0. The van der Waals surface area contributed by atoms with Gasteiger partial charge in [0.05, 0.1) is 12.0 Å². The van der Waals surface area contributed by atoms with Crippen LogP contribution in [-0.4, -0.2) is 41.2 Å². The van der Waals surface area contributed by atoms with Gasteiger partial charge in [-0.2, -0.15) is 0 Å². The molecule has 1 saturated heterocycles. The van der Waals surface area contributed by atoms with Crippen molar-refractivity contribution in [1.82, 2.24) is 10.6 Å². The normalized spacial score (nSPS) is 32.1. The number of amides is 1. The summed E-state index contributed by atoms with van der Waals surface area (Å²) in [5, 5.41) is 15.2. The summed E-state index contributed by atoms with van der Waals surface area (Å²) in [6, 6.07) is -0.109. The Bertz CT molecular complexity index is 318. The highest BCUT2D eigenvalue weighted by Gasteiger charge is 2.31. The summed E-state index contributed by atoms with van der Waals surface area (Å²) in [6.07, 6.45) is 3.71. The smallest absolute Gasteiger partial charge is 0.306 e. The highest BCUT2D eigenvalue weighted by atomic mass is 32.2. The summed E-state index contributed by atoms with van der Waals surface area (Å²) >= 11 is 1.71. The predicted molar refractivity (Wildman–Crippen MR) is 70.3 cm³/mol. The Morgan fingerprint density at radius 2 is 2.11 bits per heavy atom. The van der Waals surface area contributed by atoms with Crippen LogP contribution in [0.3, 0.4) is 0 Å². The molecule has 0 aromatic carbocycles. The topological polar surface area (TPSA) is 78.4 Å². The van der Waals surface area contributed by atoms with Crippen LogP contribution >= 0.6 is 11.8 Å². The SMILES string of the molecule is O=C(NCC1CCCCC1C(=O)O)C1CSCN1. The first-order valence-corrected chi connectivity index (χ1v) is 7.65. The second-order valence-electron chi connectivity index (χ2n) is 5.01. The minimum Gasteiger partial charge on any atom is -0.481 e. The lowest BCUT2D eigenvalue weighted by molar-refractivity contribution is -0.145. The molecule has 18 heavy (non-hydrogen) atoms. The van der Waals surface area contributed by atoms with Crippen LogP contribution in [0.2, 0.25) is 0 Å². The summed E-state index contributed by atoms with van der Waals surface area (Å²) in [5.41, 5.74) is 0. The molecule has 2 fully saturated rings. The number of carboxylic acids is 1. The van der Waals surface area contributed by atoms with Gasteiger partial charge in [0.1, 0.15) is 0 Å². The number of rotatable bonds is 4. The monoisotopic (exact) mass is 272 g/mol. The van der Waals surface area contributed by atoms with Crippen molar-refractivity contribution in [3.63, 3.8) is 0 Å². The molecule has 1 amide bonds. The summed E-state index contributed by atoms with van der Waals surface area (Å²) in [5.74, 6) is 0.718. The van der Waals surface area contributed by atoms with E-state index in [4.69, 9.17) is 5.11 Å². The van der Waals surface area contributed by atoms with Gasteiger partial charge in [0.15, 0.2) is 0 Å². The Kier molecular flexibility index (Phi) is 4.88. The molecule has 3 N–H and O–H groups in total. The van der Waals surface area contributed by atoms with Crippen molar-refractivity contribution in [2.75, 3.05) is 18.2 Å². The van der Waals surface area contributed by atoms with Crippen LogP contribution in [0, 0.1) is 11.8 Å². The van der Waals surface area contributed by atoms with Crippen molar-refractivity contribution >= 4 is 23.6 Å². The molecule has 3 unspecified atom stereocenters. The minimum atomic E-state index is -0.719. The maximum Gasteiger partial charge on any atom is 0.306 e. The van der Waals surface area contributed by atoms with Gasteiger partial charge in [0.25, 0.3) is 0 Å². The molecule has 1 heterocycles. The van der Waals surface area contributed by atoms with Crippen molar-refractivity contribution in [2.45, 2.75) is 31.7 Å². The van der Waals surface area contributed by atoms with Gasteiger partial charge >= 0.3 is 5.97 Å². The molecule has 0 aromatic rings. The van der Waals surface area contributed by atoms with E-state index in [2.05, 4.69) is 10.6 Å². The van der Waals surface area contributed by atoms with E-state index >= 15 is 0 Å². The lowest BCUT2D eigenvalue weighted by Gasteiger charge is -2.28. The molecule has 2 rings (SSSR count). The molecular weight excluding hydrogens is 252 g/mol. The third kappa shape index (κ3) is 3.38. The van der Waals surface area contributed by atoms with Crippen molar-refractivity contribution in [2.24, 2.45) is 11.8 Å². The quantitative estimate of drug-likeness (QED) is 0.700. The number of carbonyl (C=O) groups is 2. The van der Waals surface area contributed by atoms with Crippen LogP contribution in [0.5, 0.6) is 0 Å². The molecule has 0 bridgehead atoms. The average Bonchev–Trinajstić information content (AvgIpc) is 2.90. The molecule has 2 aliphatic rings. The lowest BCUT2D eigenvalue weighted by Crippen LogP contribution is -2.45. The fourth-order valence-electron chi connectivity index (χ4n) is 2.70. The van der Waals surface area contributed by atoms with Crippen molar-refractivity contribution in [3.05, 3.63) is 0 Å². The van der Waals surface area contributed by atoms with Crippen molar-refractivity contribution in [3.8, 4) is 0 Å². The highest BCUT2D eigenvalue weighted by molar-refractivity contribution is 7.99. The van der Waals surface area contributed by atoms with Gasteiger partial charge in [0, 0.05) is 18.2 Å². The van der Waals surface area contributed by atoms with E-state index < -0.39 is 5.97 Å². The van der Waals surface area contributed by atoms with Gasteiger partial charge in [-0.05, 0) is 18.8 Å². The first-order chi connectivity index (χ1) is 8.68. The lowest BCUT2D eigenvalue weighted by atomic mass is 9.79. The molecule has 0 spiro atoms. The van der Waals surface area contributed by atoms with Crippen LogP contribution in [0.4, 0.5) is 0 Å². The van der Waals surface area contributed by atoms with Crippen LogP contribution in [0.15, 0.2) is 0 Å². The molecule has 0 radical (unpaired) electrons. The first kappa shape index (κ1) is 13.7. The molecule has 102 valence electrons. The Hall–Kier alpha value is -0.750. The van der Waals surface area contributed by atoms with Crippen molar-refractivity contribution in [1.29, 1.82) is 0 Å². The van der Waals surface area contributed by atoms with Gasteiger partial charge in [-0.3, -0.25) is 14.9 Å². The Morgan fingerprint density at radius 1 is 1.33 bits per heavy atom. The van der Waals surface area contributed by atoms with E-state index in [0.29, 0.717) is 6.54 Å². The Morgan fingerprint density at radius 3 is 2.78 bits per heavy atom. The largest absolute Gasteiger partial charge is 0.481 e. The van der Waals surface area contributed by atoms with E-state index in [1.54, 1.807) is 11.8 Å². The van der Waals surface area contributed by atoms with Crippen LogP contribution in [0.25, 0.3) is 0 Å². The number of carboxylic acid groups (broad SMARTS) is 1. The second kappa shape index (κ2) is 6.43. The molecule has 1 saturated carbocycles. The van der Waals surface area contributed by atoms with Gasteiger partial charge in [0.2, 0.25) is 5.91 Å². The minimum absolute atomic E-state index is 0.00899. The first-order valence-electron chi connectivity index (χ1n) is 6.50. The van der Waals surface area contributed by atoms with E-state index in [-0.39, 0.29) is 23.8 Å². The van der Waals surface area contributed by atoms with Gasteiger partial charge in [-0.1, -0.05) is 12.8 Å². The zero-order chi connectivity index (χ0) is 13.0. The number of carbonyl (C=O) groups excluding carboxylic acids is 1. The maximum atomic E-state index is 11.8. The second-order valence-corrected chi connectivity index (χ2v) is 6.04. The molecule has 3 atom stereocenters. The number of nitrogens with one attached hydrogen (secondary N) is 2. The van der Waals surface area contributed by atoms with Crippen LogP contribution in [0.1, 0.15) is 25.7 Å². The maximum absolute atomic E-state index is 11.8. The molecule has 1 aliphatic carbocycles. The fraction of sp³-hybridized carbons (Fsp3) is 0.833. The van der Waals surface area contributed by atoms with E-state index in [0.717, 1.165) is 37.3 Å². The van der Waals surface area contributed by atoms with Crippen LogP contribution in [-0.2, 0) is 9.59 Å². The summed E-state index contributed by atoms with van der Waals surface area (Å²) in [6.45, 7) is 0.499. The highest BCUT2D eigenvalue weighted by Crippen LogP contribution is 2.29. The summed E-state index contributed by atoms with van der Waals surface area (Å²) < 4.78 is 0. The molecular formula is C12H20N2O3S. The molecule has 5 nitrogen and oxygen atoms in total. The van der Waals surface area contributed by atoms with Gasteiger partial charge in [-0.15, -0.1) is 11.8 Å². The molecule has 6 heteroatoms. The van der Waals surface area contributed by atoms with E-state index in [1.807, 2.05) is 0 Å². The van der Waals surface area contributed by atoms with Gasteiger partial charge < -0.3 is 10.4 Å². The Labute approximate surface area is 111 Å². The number of thioether (sulfide) groups is 1. The molecule has 0 aromatic heterocycles. The van der Waals surface area contributed by atoms with Crippen molar-refractivity contribution < 1.29 is 14.7 Å². The number of aliphatic carboxylic acids is 1. The zero-order valence-electron chi connectivity index (χ0n) is 10.4.